The largest absolute Gasteiger partial charge is 0.341 e. The summed E-state index contributed by atoms with van der Waals surface area (Å²) in [5.41, 5.74) is 1.03. The Balaban J connectivity index is 1.56. The molecule has 0 radical (unpaired) electrons. The molecule has 1 aromatic carbocycles. The highest BCUT2D eigenvalue weighted by atomic mass is 35.5. The number of fused-ring (bicyclic) bond motifs is 2. The van der Waals surface area contributed by atoms with Crippen molar-refractivity contribution in [2.24, 2.45) is 17.8 Å². The maximum absolute atomic E-state index is 12.4. The van der Waals surface area contributed by atoms with Gasteiger partial charge in [0.2, 0.25) is 5.91 Å². The van der Waals surface area contributed by atoms with Gasteiger partial charge in [-0.25, -0.2) is 0 Å². The van der Waals surface area contributed by atoms with Gasteiger partial charge in [0.15, 0.2) is 0 Å². The molecule has 0 spiro atoms. The molecular weight excluding hydrogens is 270 g/mol. The average molecular weight is 292 g/mol. The second-order valence-electron chi connectivity index (χ2n) is 6.48. The highest BCUT2D eigenvalue weighted by Crippen LogP contribution is 2.49. The van der Waals surface area contributed by atoms with Gasteiger partial charge in [0.25, 0.3) is 0 Å². The van der Waals surface area contributed by atoms with E-state index in [2.05, 4.69) is 0 Å². The van der Waals surface area contributed by atoms with Gasteiger partial charge in [0.05, 0.1) is 0 Å². The van der Waals surface area contributed by atoms with Crippen LogP contribution in [0, 0.1) is 17.8 Å². The van der Waals surface area contributed by atoms with Crippen molar-refractivity contribution in [3.63, 3.8) is 0 Å². The molecule has 2 fully saturated rings. The summed E-state index contributed by atoms with van der Waals surface area (Å²) in [7, 11) is 1.89. The van der Waals surface area contributed by atoms with E-state index in [-0.39, 0.29) is 5.91 Å². The van der Waals surface area contributed by atoms with Gasteiger partial charge in [-0.3, -0.25) is 4.79 Å². The quantitative estimate of drug-likeness (QED) is 0.817. The molecule has 1 amide bonds. The van der Waals surface area contributed by atoms with Crippen molar-refractivity contribution in [2.45, 2.75) is 38.6 Å². The van der Waals surface area contributed by atoms with Crippen LogP contribution in [-0.4, -0.2) is 17.9 Å². The SMILES string of the molecule is CN(Cc1ccccc1Cl)C(=O)CC1CC2CCC1C2. The molecular formula is C17H22ClNO. The van der Waals surface area contributed by atoms with Crippen molar-refractivity contribution in [1.29, 1.82) is 0 Å². The second kappa shape index (κ2) is 5.77. The molecule has 0 aliphatic heterocycles. The number of halogens is 1. The third kappa shape index (κ3) is 2.85. The number of nitrogens with zero attached hydrogens (tertiary/aromatic N) is 1. The van der Waals surface area contributed by atoms with Gasteiger partial charge < -0.3 is 4.90 Å². The lowest BCUT2D eigenvalue weighted by Crippen LogP contribution is -2.29. The molecule has 1 aromatic rings. The van der Waals surface area contributed by atoms with Crippen molar-refractivity contribution in [3.8, 4) is 0 Å². The first kappa shape index (κ1) is 13.9. The van der Waals surface area contributed by atoms with Gasteiger partial charge >= 0.3 is 0 Å². The van der Waals surface area contributed by atoms with Crippen molar-refractivity contribution >= 4 is 17.5 Å². The first-order chi connectivity index (χ1) is 9.63. The zero-order valence-electron chi connectivity index (χ0n) is 12.0. The number of hydrogen-bond donors (Lipinski definition) is 0. The highest BCUT2D eigenvalue weighted by Gasteiger charge is 2.40. The van der Waals surface area contributed by atoms with E-state index in [1.54, 1.807) is 0 Å². The average Bonchev–Trinajstić information content (AvgIpc) is 3.03. The Morgan fingerprint density at radius 2 is 2.10 bits per heavy atom. The molecule has 2 nitrogen and oxygen atoms in total. The first-order valence-electron chi connectivity index (χ1n) is 7.61. The molecule has 3 rings (SSSR count). The van der Waals surface area contributed by atoms with E-state index in [0.717, 1.165) is 28.8 Å². The van der Waals surface area contributed by atoms with E-state index in [9.17, 15) is 4.79 Å². The monoisotopic (exact) mass is 291 g/mol. The molecule has 3 unspecified atom stereocenters. The van der Waals surface area contributed by atoms with Crippen LogP contribution in [-0.2, 0) is 11.3 Å². The maximum Gasteiger partial charge on any atom is 0.222 e. The Hall–Kier alpha value is -1.02. The van der Waals surface area contributed by atoms with E-state index in [1.807, 2.05) is 36.2 Å². The molecule has 0 saturated heterocycles. The fraction of sp³-hybridized carbons (Fsp3) is 0.588. The topological polar surface area (TPSA) is 20.3 Å². The third-order valence-corrected chi connectivity index (χ3v) is 5.48. The van der Waals surface area contributed by atoms with E-state index < -0.39 is 0 Å². The van der Waals surface area contributed by atoms with E-state index in [1.165, 1.54) is 25.7 Å². The second-order valence-corrected chi connectivity index (χ2v) is 6.89. The van der Waals surface area contributed by atoms with Crippen LogP contribution in [0.15, 0.2) is 24.3 Å². The molecule has 2 aliphatic rings. The fourth-order valence-corrected chi connectivity index (χ4v) is 4.17. The van der Waals surface area contributed by atoms with Crippen LogP contribution in [0.5, 0.6) is 0 Å². The molecule has 0 N–H and O–H groups in total. The molecule has 0 aromatic heterocycles. The van der Waals surface area contributed by atoms with E-state index in [0.29, 0.717) is 12.5 Å². The molecule has 20 heavy (non-hydrogen) atoms. The summed E-state index contributed by atoms with van der Waals surface area (Å²) in [5, 5.41) is 0.743. The predicted molar refractivity (Wildman–Crippen MR) is 81.5 cm³/mol. The minimum absolute atomic E-state index is 0.266. The summed E-state index contributed by atoms with van der Waals surface area (Å²) in [5.74, 6) is 2.63. The van der Waals surface area contributed by atoms with Crippen LogP contribution in [0.2, 0.25) is 5.02 Å². The summed E-state index contributed by atoms with van der Waals surface area (Å²) in [6.07, 6.45) is 6.10. The van der Waals surface area contributed by atoms with Gasteiger partial charge in [-0.1, -0.05) is 36.2 Å². The van der Waals surface area contributed by atoms with Gasteiger partial charge in [0.1, 0.15) is 0 Å². The van der Waals surface area contributed by atoms with Crippen LogP contribution in [0.1, 0.15) is 37.7 Å². The zero-order chi connectivity index (χ0) is 14.1. The van der Waals surface area contributed by atoms with Gasteiger partial charge in [0, 0.05) is 25.0 Å². The molecule has 3 atom stereocenters. The van der Waals surface area contributed by atoms with Crippen molar-refractivity contribution in [1.82, 2.24) is 4.90 Å². The molecule has 0 heterocycles. The number of carbonyl (C=O) groups is 1. The molecule has 3 heteroatoms. The van der Waals surface area contributed by atoms with Crippen LogP contribution < -0.4 is 0 Å². The lowest BCUT2D eigenvalue weighted by atomic mass is 9.86. The number of hydrogen-bond acceptors (Lipinski definition) is 1. The lowest BCUT2D eigenvalue weighted by Gasteiger charge is -2.24. The molecule has 2 aliphatic carbocycles. The number of rotatable bonds is 4. The minimum Gasteiger partial charge on any atom is -0.341 e. The Morgan fingerprint density at radius 1 is 1.30 bits per heavy atom. The van der Waals surface area contributed by atoms with E-state index >= 15 is 0 Å². The zero-order valence-corrected chi connectivity index (χ0v) is 12.8. The maximum atomic E-state index is 12.4. The van der Waals surface area contributed by atoms with Crippen LogP contribution in [0.4, 0.5) is 0 Å². The Morgan fingerprint density at radius 3 is 2.75 bits per heavy atom. The third-order valence-electron chi connectivity index (χ3n) is 5.11. The van der Waals surface area contributed by atoms with E-state index in [4.69, 9.17) is 11.6 Å². The summed E-state index contributed by atoms with van der Waals surface area (Å²) in [4.78, 5) is 14.2. The molecule has 2 saturated carbocycles. The summed E-state index contributed by atoms with van der Waals surface area (Å²) >= 11 is 6.16. The highest BCUT2D eigenvalue weighted by molar-refractivity contribution is 6.31. The Kier molecular flexibility index (Phi) is 4.02. The predicted octanol–water partition coefficient (Wildman–Crippen LogP) is 4.12. The van der Waals surface area contributed by atoms with Gasteiger partial charge in [-0.15, -0.1) is 0 Å². The number of amides is 1. The van der Waals surface area contributed by atoms with Crippen molar-refractivity contribution in [3.05, 3.63) is 34.9 Å². The van der Waals surface area contributed by atoms with Crippen LogP contribution in [0.25, 0.3) is 0 Å². The standard InChI is InChI=1S/C17H22ClNO/c1-19(11-14-4-2-3-5-16(14)18)17(20)10-15-9-12-6-7-13(15)8-12/h2-5,12-13,15H,6-11H2,1H3. The number of carbonyl (C=O) groups excluding carboxylic acids is 1. The summed E-state index contributed by atoms with van der Waals surface area (Å²) in [6.45, 7) is 0.610. The minimum atomic E-state index is 0.266. The number of benzene rings is 1. The summed E-state index contributed by atoms with van der Waals surface area (Å²) in [6, 6.07) is 7.76. The van der Waals surface area contributed by atoms with Gasteiger partial charge in [-0.05, 0) is 48.6 Å². The smallest absolute Gasteiger partial charge is 0.222 e. The van der Waals surface area contributed by atoms with Crippen LogP contribution >= 0.6 is 11.6 Å². The van der Waals surface area contributed by atoms with Gasteiger partial charge in [-0.2, -0.15) is 0 Å². The first-order valence-corrected chi connectivity index (χ1v) is 7.98. The molecule has 2 bridgehead atoms. The fourth-order valence-electron chi connectivity index (χ4n) is 3.98. The van der Waals surface area contributed by atoms with Crippen LogP contribution in [0.3, 0.4) is 0 Å². The normalized spacial score (nSPS) is 27.8. The lowest BCUT2D eigenvalue weighted by molar-refractivity contribution is -0.131. The van der Waals surface area contributed by atoms with Crippen molar-refractivity contribution < 1.29 is 4.79 Å². The van der Waals surface area contributed by atoms with Crippen molar-refractivity contribution in [2.75, 3.05) is 7.05 Å². The molecule has 108 valence electrons. The summed E-state index contributed by atoms with van der Waals surface area (Å²) < 4.78 is 0. The Labute approximate surface area is 126 Å². The Bertz CT molecular complexity index is 502.